The standard InChI is InChI=1S/C20H21NO2/c22-19(16-8-2-1-3-9-16)17-11-6-7-15(13-17)14-18-10-4-5-12-21-20(18)23/h1-3,6-9,11,13,18H,4-5,10,12,14H2,(H,21,23). The van der Waals surface area contributed by atoms with E-state index in [9.17, 15) is 9.59 Å². The second-order valence-electron chi connectivity index (χ2n) is 6.08. The van der Waals surface area contributed by atoms with Crippen LogP contribution in [0.15, 0.2) is 54.6 Å². The molecule has 2 aromatic rings. The smallest absolute Gasteiger partial charge is 0.223 e. The molecule has 1 aliphatic heterocycles. The summed E-state index contributed by atoms with van der Waals surface area (Å²) >= 11 is 0. The van der Waals surface area contributed by atoms with Crippen LogP contribution in [0.2, 0.25) is 0 Å². The van der Waals surface area contributed by atoms with Gasteiger partial charge in [-0.3, -0.25) is 9.59 Å². The molecular formula is C20H21NO2. The van der Waals surface area contributed by atoms with Crippen LogP contribution < -0.4 is 5.32 Å². The molecule has 0 aromatic heterocycles. The highest BCUT2D eigenvalue weighted by molar-refractivity contribution is 6.09. The fourth-order valence-corrected chi connectivity index (χ4v) is 3.08. The van der Waals surface area contributed by atoms with Gasteiger partial charge in [0.1, 0.15) is 0 Å². The van der Waals surface area contributed by atoms with Crippen molar-refractivity contribution in [1.29, 1.82) is 0 Å². The number of benzene rings is 2. The van der Waals surface area contributed by atoms with Crippen molar-refractivity contribution in [3.05, 3.63) is 71.3 Å². The van der Waals surface area contributed by atoms with Gasteiger partial charge in [0.25, 0.3) is 0 Å². The molecule has 1 amide bonds. The lowest BCUT2D eigenvalue weighted by atomic mass is 9.92. The van der Waals surface area contributed by atoms with E-state index in [1.54, 1.807) is 0 Å². The maximum Gasteiger partial charge on any atom is 0.223 e. The third-order valence-corrected chi connectivity index (χ3v) is 4.36. The molecule has 1 saturated heterocycles. The minimum absolute atomic E-state index is 0.0135. The van der Waals surface area contributed by atoms with Gasteiger partial charge < -0.3 is 5.32 Å². The van der Waals surface area contributed by atoms with Gasteiger partial charge in [-0.05, 0) is 30.9 Å². The summed E-state index contributed by atoms with van der Waals surface area (Å²) in [7, 11) is 0. The van der Waals surface area contributed by atoms with E-state index >= 15 is 0 Å². The summed E-state index contributed by atoms with van der Waals surface area (Å²) in [5, 5.41) is 2.97. The zero-order chi connectivity index (χ0) is 16.1. The van der Waals surface area contributed by atoms with E-state index in [0.29, 0.717) is 17.5 Å². The Morgan fingerprint density at radius 3 is 2.61 bits per heavy atom. The number of ketones is 1. The summed E-state index contributed by atoms with van der Waals surface area (Å²) in [5.41, 5.74) is 2.42. The Balaban J connectivity index is 1.77. The number of hydrogen-bond acceptors (Lipinski definition) is 2. The Morgan fingerprint density at radius 1 is 1.00 bits per heavy atom. The lowest BCUT2D eigenvalue weighted by Gasteiger charge is -2.13. The summed E-state index contributed by atoms with van der Waals surface area (Å²) in [6.07, 6.45) is 3.74. The summed E-state index contributed by atoms with van der Waals surface area (Å²) in [5.74, 6) is 0.180. The molecule has 1 N–H and O–H groups in total. The molecule has 1 atom stereocenters. The zero-order valence-electron chi connectivity index (χ0n) is 13.1. The van der Waals surface area contributed by atoms with Crippen LogP contribution in [-0.2, 0) is 11.2 Å². The van der Waals surface area contributed by atoms with Crippen LogP contribution in [0.5, 0.6) is 0 Å². The second kappa shape index (κ2) is 7.23. The largest absolute Gasteiger partial charge is 0.356 e. The zero-order valence-corrected chi connectivity index (χ0v) is 13.1. The number of amides is 1. The highest BCUT2D eigenvalue weighted by atomic mass is 16.2. The summed E-state index contributed by atoms with van der Waals surface area (Å²) < 4.78 is 0. The average Bonchev–Trinajstić information content (AvgIpc) is 2.80. The Bertz CT molecular complexity index is 694. The maximum atomic E-state index is 12.5. The van der Waals surface area contributed by atoms with Crippen molar-refractivity contribution in [2.24, 2.45) is 5.92 Å². The molecule has 0 aliphatic carbocycles. The lowest BCUT2D eigenvalue weighted by molar-refractivity contribution is -0.124. The molecule has 3 nitrogen and oxygen atoms in total. The van der Waals surface area contributed by atoms with E-state index < -0.39 is 0 Å². The van der Waals surface area contributed by atoms with Crippen molar-refractivity contribution >= 4 is 11.7 Å². The summed E-state index contributed by atoms with van der Waals surface area (Å²) in [6, 6.07) is 17.0. The van der Waals surface area contributed by atoms with E-state index in [4.69, 9.17) is 0 Å². The molecule has 118 valence electrons. The minimum atomic E-state index is 0.0135. The van der Waals surface area contributed by atoms with E-state index in [2.05, 4.69) is 5.32 Å². The Morgan fingerprint density at radius 2 is 1.78 bits per heavy atom. The lowest BCUT2D eigenvalue weighted by Crippen LogP contribution is -2.30. The first-order chi connectivity index (χ1) is 11.2. The molecule has 23 heavy (non-hydrogen) atoms. The van der Waals surface area contributed by atoms with E-state index in [-0.39, 0.29) is 17.6 Å². The van der Waals surface area contributed by atoms with Crippen LogP contribution >= 0.6 is 0 Å². The summed E-state index contributed by atoms with van der Waals surface area (Å²) in [6.45, 7) is 0.780. The third-order valence-electron chi connectivity index (χ3n) is 4.36. The van der Waals surface area contributed by atoms with Crippen molar-refractivity contribution in [2.45, 2.75) is 25.7 Å². The van der Waals surface area contributed by atoms with Crippen LogP contribution in [0.3, 0.4) is 0 Å². The van der Waals surface area contributed by atoms with Crippen LogP contribution in [0.4, 0.5) is 0 Å². The number of carbonyl (C=O) groups excluding carboxylic acids is 2. The molecule has 0 spiro atoms. The van der Waals surface area contributed by atoms with Crippen LogP contribution in [-0.4, -0.2) is 18.2 Å². The quantitative estimate of drug-likeness (QED) is 0.880. The van der Waals surface area contributed by atoms with Gasteiger partial charge in [0, 0.05) is 23.6 Å². The molecule has 1 aliphatic rings. The van der Waals surface area contributed by atoms with Gasteiger partial charge in [-0.2, -0.15) is 0 Å². The van der Waals surface area contributed by atoms with Crippen molar-refractivity contribution in [3.63, 3.8) is 0 Å². The van der Waals surface area contributed by atoms with Crippen LogP contribution in [0.25, 0.3) is 0 Å². The molecule has 1 heterocycles. The summed E-state index contributed by atoms with van der Waals surface area (Å²) in [4.78, 5) is 24.6. The molecular weight excluding hydrogens is 286 g/mol. The Kier molecular flexibility index (Phi) is 4.86. The van der Waals surface area contributed by atoms with Gasteiger partial charge in [0.15, 0.2) is 5.78 Å². The van der Waals surface area contributed by atoms with Gasteiger partial charge in [-0.25, -0.2) is 0 Å². The van der Waals surface area contributed by atoms with Crippen molar-refractivity contribution in [3.8, 4) is 0 Å². The SMILES string of the molecule is O=C(c1ccccc1)c1cccc(CC2CCCCNC2=O)c1. The van der Waals surface area contributed by atoms with Gasteiger partial charge in [0.05, 0.1) is 0 Å². The van der Waals surface area contributed by atoms with Crippen LogP contribution in [0.1, 0.15) is 40.7 Å². The predicted octanol–water partition coefficient (Wildman–Crippen LogP) is 3.38. The first-order valence-corrected chi connectivity index (χ1v) is 8.20. The van der Waals surface area contributed by atoms with Crippen molar-refractivity contribution in [1.82, 2.24) is 5.32 Å². The van der Waals surface area contributed by atoms with Gasteiger partial charge in [-0.15, -0.1) is 0 Å². The maximum absolute atomic E-state index is 12.5. The fourth-order valence-electron chi connectivity index (χ4n) is 3.08. The number of carbonyl (C=O) groups is 2. The van der Waals surface area contributed by atoms with E-state index in [0.717, 1.165) is 31.4 Å². The van der Waals surface area contributed by atoms with E-state index in [1.807, 2.05) is 54.6 Å². The second-order valence-corrected chi connectivity index (χ2v) is 6.08. The Labute approximate surface area is 136 Å². The molecule has 3 heteroatoms. The van der Waals surface area contributed by atoms with Crippen molar-refractivity contribution in [2.75, 3.05) is 6.54 Å². The fraction of sp³-hybridized carbons (Fsp3) is 0.300. The average molecular weight is 307 g/mol. The van der Waals surface area contributed by atoms with Gasteiger partial charge in [-0.1, -0.05) is 55.0 Å². The monoisotopic (exact) mass is 307 g/mol. The molecule has 1 fully saturated rings. The first kappa shape index (κ1) is 15.5. The highest BCUT2D eigenvalue weighted by Crippen LogP contribution is 2.20. The minimum Gasteiger partial charge on any atom is -0.356 e. The molecule has 0 bridgehead atoms. The molecule has 0 saturated carbocycles. The first-order valence-electron chi connectivity index (χ1n) is 8.20. The Hall–Kier alpha value is -2.42. The van der Waals surface area contributed by atoms with Crippen molar-refractivity contribution < 1.29 is 9.59 Å². The molecule has 1 unspecified atom stereocenters. The third kappa shape index (κ3) is 3.86. The predicted molar refractivity (Wildman–Crippen MR) is 90.4 cm³/mol. The number of hydrogen-bond donors (Lipinski definition) is 1. The normalized spacial score (nSPS) is 18.1. The van der Waals surface area contributed by atoms with E-state index in [1.165, 1.54) is 0 Å². The highest BCUT2D eigenvalue weighted by Gasteiger charge is 2.21. The van der Waals surface area contributed by atoms with Crippen LogP contribution in [0, 0.1) is 5.92 Å². The number of rotatable bonds is 4. The van der Waals surface area contributed by atoms with Gasteiger partial charge in [0.2, 0.25) is 5.91 Å². The number of nitrogens with one attached hydrogen (secondary N) is 1. The topological polar surface area (TPSA) is 46.2 Å². The molecule has 3 rings (SSSR count). The molecule has 2 aromatic carbocycles. The molecule has 0 radical (unpaired) electrons. The van der Waals surface area contributed by atoms with Gasteiger partial charge >= 0.3 is 0 Å².